The predicted molar refractivity (Wildman–Crippen MR) is 579 cm³/mol. The first kappa shape index (κ1) is 79.9. The van der Waals surface area contributed by atoms with Gasteiger partial charge in [-0.2, -0.15) is 0 Å². The smallest absolute Gasteiger partial charge is 0.228 e. The monoisotopic (exact) mass is 1870 g/mol. The summed E-state index contributed by atoms with van der Waals surface area (Å²) < 4.78 is 122. The summed E-state index contributed by atoms with van der Waals surface area (Å²) >= 11 is 0. The number of hydrogen-bond acceptors (Lipinski definition) is 10. The van der Waals surface area contributed by atoms with Gasteiger partial charge in [-0.25, -0.2) is 47.8 Å². The topological polar surface area (TPSA) is 150 Å². The van der Waals surface area contributed by atoms with Crippen molar-refractivity contribution in [1.82, 2.24) is 24.9 Å². The van der Waals surface area contributed by atoms with E-state index in [1.807, 2.05) is 160 Å². The van der Waals surface area contributed by atoms with Gasteiger partial charge >= 0.3 is 0 Å². The minimum atomic E-state index is -2.45. The van der Waals surface area contributed by atoms with Gasteiger partial charge in [-0.15, -0.1) is 0 Å². The Bertz CT molecular complexity index is 9870. The molecule has 0 N–H and O–H groups in total. The van der Waals surface area contributed by atoms with Crippen molar-refractivity contribution in [2.24, 2.45) is 41.2 Å². The number of hydrogen-bond donors (Lipinski definition) is 0. The van der Waals surface area contributed by atoms with E-state index in [9.17, 15) is 0 Å². The fourth-order valence-electron chi connectivity index (χ4n) is 21.4. The quantitative estimate of drug-likeness (QED) is 0.121. The Morgan fingerprint density at radius 1 is 0.324 bits per heavy atom. The molecule has 1 aliphatic carbocycles. The van der Waals surface area contributed by atoms with E-state index in [-0.39, 0.29) is 0 Å². The van der Waals surface area contributed by atoms with Crippen LogP contribution < -0.4 is 22.8 Å². The van der Waals surface area contributed by atoms with Gasteiger partial charge in [-0.05, 0) is 162 Å². The van der Waals surface area contributed by atoms with Crippen LogP contribution >= 0.6 is 0 Å². The molecule has 15 heteroatoms. The van der Waals surface area contributed by atoms with Crippen molar-refractivity contribution in [3.63, 3.8) is 0 Å². The summed E-state index contributed by atoms with van der Waals surface area (Å²) in [4.78, 5) is 23.1. The van der Waals surface area contributed by atoms with Gasteiger partial charge in [0.2, 0.25) is 57.0 Å². The highest BCUT2D eigenvalue weighted by Crippen LogP contribution is 2.47. The molecule has 142 heavy (non-hydrogen) atoms. The summed E-state index contributed by atoms with van der Waals surface area (Å²) in [7, 11) is 10.00. The van der Waals surface area contributed by atoms with E-state index < -0.39 is 31.9 Å². The minimum Gasteiger partial charge on any atom is -0.437 e. The largest absolute Gasteiger partial charge is 0.437 e. The molecule has 0 aliphatic heterocycles. The van der Waals surface area contributed by atoms with Crippen molar-refractivity contribution in [2.45, 2.75) is 140 Å². The molecule has 700 valence electrons. The molecule has 15 aromatic heterocycles. The molecular weight excluding hydrogens is 1750 g/mol. The van der Waals surface area contributed by atoms with Crippen molar-refractivity contribution >= 4 is 164 Å². The number of rotatable bonds is 10. The number of furan rings is 5. The standard InChI is InChI=1S/C29H29N2O.C26H25N2O.C25H23N2O.C24H21N2O.C23H19N2O/c1-19-12-13-24-27-23-11-7-6-10-22(23)18-30-29(27)32-28(24)26(19)25-17-21(14-15-31(25)2)16-20-8-4-3-5-9-20;1-15(2)18-12-13-28(5)22(14-18)23-16(3)10-11-21-24-20-9-7-6-8-19(20)17(4)27-26(24)29-25(21)23;1-15(2)17-11-12-27(4)21(13-17)22-16(3)9-10-20-23-19-8-6-5-7-18(19)14-26-25(23)28-24(20)22;1-4-16-11-12-26(3)20(13-16)21-15(2)9-10-19-22-18-8-6-5-7-17(18)14-25-24(22)27-23(19)21;1-14-10-11-25(3)19(12-14)20-15(2)8-9-18-21-17-7-5-4-6-16(17)13-24-23(21)26-22(18)20/h6-7,10-15,17-18,20H,3-5,8-9,16H2,1-2H3;6-15H,1-5H3;5-15H,1-4H3;5-14H,4H2,1-3H3;4-13H,1-3H3/q5*+1/i;2*1D3,15D;4D2;. The molecule has 1 aliphatic rings. The number of fused-ring (bicyclic) bond motifs is 25. The number of benzene rings is 10. The zero-order chi connectivity index (χ0) is 106. The van der Waals surface area contributed by atoms with Crippen LogP contribution in [0.3, 0.4) is 0 Å². The zero-order valence-electron chi connectivity index (χ0n) is 92.6. The molecular formula is C127H117N10O5+5. The Balaban J connectivity index is 0.000000107. The van der Waals surface area contributed by atoms with Crippen LogP contribution in [0, 0.1) is 54.4 Å². The van der Waals surface area contributed by atoms with Crippen molar-refractivity contribution < 1.29 is 58.6 Å². The summed E-state index contributed by atoms with van der Waals surface area (Å²) in [5.74, 6) is -2.65. The lowest BCUT2D eigenvalue weighted by Gasteiger charge is -2.21. The SMILES string of the molecule is Cc1cc[n+](C)c(-c2c(C)ccc3c2oc2ncc4ccccc4c23)c1.Cc1ccc2c(oc3ncc4ccccc4c32)c1-c1cc(CC2CCCCC2)cc[n+]1C.[2H]C([2H])(C)c1cc[n+](C)c(-c2c(C)ccc3c2oc2ncc4ccccc4c23)c1.[2H]C([2H])([2H])C([2H])(C)c1cc[n+](C)c(-c2c(C)ccc3c2oc2nc(C)c4ccccc4c23)c1.[2H]C([2H])([2H])C([2H])(C)c1cc[n+](C)c(-c2c(C)ccc3c2oc2ncc4ccccc4c23)c1. The van der Waals surface area contributed by atoms with Gasteiger partial charge in [0.25, 0.3) is 0 Å². The van der Waals surface area contributed by atoms with E-state index >= 15 is 0 Å². The average Bonchev–Trinajstić information content (AvgIpc) is 1.62. The third-order valence-electron chi connectivity index (χ3n) is 29.0. The van der Waals surface area contributed by atoms with Gasteiger partial charge in [-0.3, -0.25) is 0 Å². The van der Waals surface area contributed by atoms with Gasteiger partial charge in [-0.1, -0.05) is 249 Å². The number of pyridine rings is 10. The van der Waals surface area contributed by atoms with Crippen LogP contribution in [0.25, 0.3) is 220 Å². The van der Waals surface area contributed by atoms with Crippen molar-refractivity contribution in [3.05, 3.63) is 360 Å². The molecule has 0 radical (unpaired) electrons. The van der Waals surface area contributed by atoms with Gasteiger partial charge in [0.05, 0.1) is 54.7 Å². The molecule has 0 amide bonds. The van der Waals surface area contributed by atoms with Gasteiger partial charge in [0.1, 0.15) is 35.2 Å². The molecule has 26 rings (SSSR count). The Morgan fingerprint density at radius 3 is 0.979 bits per heavy atom. The van der Waals surface area contributed by atoms with Crippen LogP contribution in [0.4, 0.5) is 0 Å². The van der Waals surface area contributed by atoms with Crippen molar-refractivity contribution in [1.29, 1.82) is 0 Å². The highest BCUT2D eigenvalue weighted by Gasteiger charge is 2.31. The minimum absolute atomic E-state index is 0.432. The fraction of sp³-hybridized carbons (Fsp3) is 0.213. The fourth-order valence-corrected chi connectivity index (χ4v) is 21.4. The van der Waals surface area contributed by atoms with E-state index in [4.69, 9.17) is 40.8 Å². The van der Waals surface area contributed by atoms with Crippen LogP contribution in [0.2, 0.25) is 0 Å². The molecule has 0 bridgehead atoms. The first-order valence-electron chi connectivity index (χ1n) is 53.7. The van der Waals surface area contributed by atoms with E-state index in [0.717, 1.165) is 187 Å². The molecule has 1 saturated carbocycles. The normalized spacial score (nSPS) is 14.7. The van der Waals surface area contributed by atoms with Crippen LogP contribution in [0.15, 0.2) is 321 Å². The summed E-state index contributed by atoms with van der Waals surface area (Å²) in [6.07, 6.45) is 24.0. The van der Waals surface area contributed by atoms with Gasteiger partial charge in [0, 0.05) is 159 Å². The molecule has 2 atom stereocenters. The second-order valence-electron chi connectivity index (χ2n) is 38.4. The predicted octanol–water partition coefficient (Wildman–Crippen LogP) is 30.2. The molecule has 15 heterocycles. The van der Waals surface area contributed by atoms with Crippen LogP contribution in [0.1, 0.15) is 153 Å². The van der Waals surface area contributed by atoms with Gasteiger partial charge < -0.3 is 22.1 Å². The Hall–Kier alpha value is -16.0. The molecule has 10 aromatic carbocycles. The first-order valence-corrected chi connectivity index (χ1v) is 48.7. The van der Waals surface area contributed by atoms with Crippen molar-refractivity contribution in [2.75, 3.05) is 0 Å². The second-order valence-corrected chi connectivity index (χ2v) is 38.4. The summed E-state index contributed by atoms with van der Waals surface area (Å²) in [5, 5.41) is 21.5. The molecule has 2 unspecified atom stereocenters. The molecule has 25 aromatic rings. The lowest BCUT2D eigenvalue weighted by atomic mass is 9.85. The lowest BCUT2D eigenvalue weighted by molar-refractivity contribution is -0.660. The van der Waals surface area contributed by atoms with E-state index in [0.29, 0.717) is 56.4 Å². The molecule has 15 nitrogen and oxygen atoms in total. The van der Waals surface area contributed by atoms with E-state index in [2.05, 4.69) is 235 Å². The maximum Gasteiger partial charge on any atom is 0.228 e. The number of aryl methyl sites for hydroxylation is 13. The van der Waals surface area contributed by atoms with Crippen LogP contribution in [-0.4, -0.2) is 24.9 Å². The number of nitrogens with zero attached hydrogens (tertiary/aromatic N) is 10. The Labute approximate surface area is 839 Å². The van der Waals surface area contributed by atoms with E-state index in [1.54, 1.807) is 37.4 Å². The highest BCUT2D eigenvalue weighted by molar-refractivity contribution is 6.24. The Morgan fingerprint density at radius 2 is 0.620 bits per heavy atom. The lowest BCUT2D eigenvalue weighted by Crippen LogP contribution is -2.31. The molecule has 0 spiro atoms. The average molecular weight is 1870 g/mol. The Kier molecular flexibility index (Phi) is 21.0. The second kappa shape index (κ2) is 37.3. The van der Waals surface area contributed by atoms with Crippen LogP contribution in [-0.2, 0) is 48.0 Å². The summed E-state index contributed by atoms with van der Waals surface area (Å²) in [6, 6.07) is 82.1. The number of aromatic nitrogens is 10. The van der Waals surface area contributed by atoms with Crippen LogP contribution in [0.5, 0.6) is 0 Å². The third-order valence-corrected chi connectivity index (χ3v) is 29.0. The zero-order valence-corrected chi connectivity index (χ0v) is 82.6. The van der Waals surface area contributed by atoms with Crippen molar-refractivity contribution in [3.8, 4) is 56.3 Å². The van der Waals surface area contributed by atoms with Gasteiger partial charge in [0.15, 0.2) is 58.9 Å². The highest BCUT2D eigenvalue weighted by atomic mass is 16.4. The molecule has 0 saturated heterocycles. The summed E-state index contributed by atoms with van der Waals surface area (Å²) in [5.41, 5.74) is 27.7. The van der Waals surface area contributed by atoms with E-state index in [1.165, 1.54) is 96.7 Å². The third kappa shape index (κ3) is 16.3. The first-order chi connectivity index (χ1) is 72.8. The maximum atomic E-state index is 8.56. The maximum absolute atomic E-state index is 8.56. The summed E-state index contributed by atoms with van der Waals surface area (Å²) in [6.45, 7) is 14.0. The molecule has 1 fully saturated rings.